The number of hydrogen-bond acceptors (Lipinski definition) is 4. The number of fused-ring (bicyclic) bond motifs is 1. The third-order valence-electron chi connectivity index (χ3n) is 7.11. The van der Waals surface area contributed by atoms with Crippen LogP contribution in [0.25, 0.3) is 11.3 Å². The fraction of sp³-hybridized carbons (Fsp3) is 0.500. The van der Waals surface area contributed by atoms with Gasteiger partial charge in [0.25, 0.3) is 5.91 Å². The molecule has 2 aromatic rings. The molecule has 1 N–H and O–H groups in total. The highest BCUT2D eigenvalue weighted by Crippen LogP contribution is 2.36. The molecule has 1 aromatic heterocycles. The van der Waals surface area contributed by atoms with Crippen molar-refractivity contribution in [1.29, 1.82) is 0 Å². The van der Waals surface area contributed by atoms with Crippen molar-refractivity contribution >= 4 is 17.7 Å². The van der Waals surface area contributed by atoms with Crippen LogP contribution in [0.2, 0.25) is 0 Å². The third kappa shape index (κ3) is 3.56. The van der Waals surface area contributed by atoms with Crippen LogP contribution in [-0.2, 0) is 23.2 Å². The zero-order valence-electron chi connectivity index (χ0n) is 18.1. The Labute approximate surface area is 181 Å². The summed E-state index contributed by atoms with van der Waals surface area (Å²) in [7, 11) is 2.06. The number of carbonyl (C=O) groups excluding carboxylic acids is 3. The number of nitrogens with zero attached hydrogens (tertiary/aromatic N) is 3. The first-order valence-corrected chi connectivity index (χ1v) is 11.2. The summed E-state index contributed by atoms with van der Waals surface area (Å²) < 4.78 is 2.14. The Balaban J connectivity index is 1.38. The van der Waals surface area contributed by atoms with E-state index in [1.807, 2.05) is 18.2 Å². The van der Waals surface area contributed by atoms with Gasteiger partial charge in [-0.2, -0.15) is 0 Å². The Morgan fingerprint density at radius 1 is 1.06 bits per heavy atom. The Hall–Kier alpha value is -2.96. The molecular formula is C24H28N4O3. The van der Waals surface area contributed by atoms with E-state index in [4.69, 9.17) is 4.98 Å². The summed E-state index contributed by atoms with van der Waals surface area (Å²) in [6.45, 7) is 2.71. The highest BCUT2D eigenvalue weighted by molar-refractivity contribution is 6.05. The number of benzene rings is 1. The first kappa shape index (κ1) is 20.0. The quantitative estimate of drug-likeness (QED) is 0.773. The summed E-state index contributed by atoms with van der Waals surface area (Å²) in [6.07, 6.45) is 7.59. The zero-order valence-corrected chi connectivity index (χ0v) is 18.1. The predicted molar refractivity (Wildman–Crippen MR) is 115 cm³/mol. The second-order valence-corrected chi connectivity index (χ2v) is 9.32. The molecule has 1 saturated heterocycles. The van der Waals surface area contributed by atoms with Gasteiger partial charge in [0.1, 0.15) is 11.9 Å². The molecular weight excluding hydrogens is 392 g/mol. The van der Waals surface area contributed by atoms with Gasteiger partial charge in [-0.25, -0.2) is 4.98 Å². The summed E-state index contributed by atoms with van der Waals surface area (Å²) in [5.74, 6) is 1.66. The highest BCUT2D eigenvalue weighted by atomic mass is 16.2. The van der Waals surface area contributed by atoms with Crippen molar-refractivity contribution in [3.05, 3.63) is 41.3 Å². The van der Waals surface area contributed by atoms with Crippen LogP contribution in [0.3, 0.4) is 0 Å². The fourth-order valence-corrected chi connectivity index (χ4v) is 5.25. The van der Waals surface area contributed by atoms with E-state index in [9.17, 15) is 14.4 Å². The minimum absolute atomic E-state index is 0.144. The number of imide groups is 1. The van der Waals surface area contributed by atoms with Gasteiger partial charge in [-0.3, -0.25) is 19.7 Å². The minimum atomic E-state index is -0.587. The number of rotatable bonds is 3. The van der Waals surface area contributed by atoms with E-state index >= 15 is 0 Å². The van der Waals surface area contributed by atoms with Gasteiger partial charge < -0.3 is 9.47 Å². The van der Waals surface area contributed by atoms with Crippen LogP contribution in [0.5, 0.6) is 0 Å². The fourth-order valence-electron chi connectivity index (χ4n) is 5.25. The second kappa shape index (κ2) is 7.62. The van der Waals surface area contributed by atoms with Gasteiger partial charge in [0.05, 0.1) is 5.69 Å². The van der Waals surface area contributed by atoms with E-state index in [2.05, 4.69) is 30.1 Å². The molecule has 3 aliphatic rings. The maximum atomic E-state index is 12.9. The van der Waals surface area contributed by atoms with Crippen molar-refractivity contribution in [2.24, 2.45) is 13.0 Å². The molecule has 5 rings (SSSR count). The van der Waals surface area contributed by atoms with Crippen LogP contribution in [-0.4, -0.2) is 38.2 Å². The molecule has 1 unspecified atom stereocenters. The number of hydrogen-bond donors (Lipinski definition) is 1. The lowest BCUT2D eigenvalue weighted by Crippen LogP contribution is -2.52. The van der Waals surface area contributed by atoms with Gasteiger partial charge in [-0.05, 0) is 42.9 Å². The molecule has 3 amide bonds. The largest absolute Gasteiger partial charge is 0.337 e. The maximum absolute atomic E-state index is 12.9. The van der Waals surface area contributed by atoms with Gasteiger partial charge in [-0.15, -0.1) is 0 Å². The summed E-state index contributed by atoms with van der Waals surface area (Å²) in [6, 6.07) is 5.22. The molecule has 0 radical (unpaired) electrons. The van der Waals surface area contributed by atoms with Crippen molar-refractivity contribution in [3.63, 3.8) is 0 Å². The number of piperidine rings is 1. The number of aryl methyl sites for hydroxylation is 1. The van der Waals surface area contributed by atoms with Crippen LogP contribution in [0.1, 0.15) is 73.1 Å². The molecule has 7 nitrogen and oxygen atoms in total. The number of aromatic nitrogens is 2. The van der Waals surface area contributed by atoms with Crippen LogP contribution < -0.4 is 5.32 Å². The molecule has 2 aliphatic heterocycles. The second-order valence-electron chi connectivity index (χ2n) is 9.32. The Morgan fingerprint density at radius 3 is 2.58 bits per heavy atom. The zero-order chi connectivity index (χ0) is 21.7. The van der Waals surface area contributed by atoms with Crippen molar-refractivity contribution in [3.8, 4) is 11.3 Å². The molecule has 1 atom stereocenters. The van der Waals surface area contributed by atoms with Gasteiger partial charge in [0.2, 0.25) is 11.8 Å². The predicted octanol–water partition coefficient (Wildman–Crippen LogP) is 3.14. The van der Waals surface area contributed by atoms with Crippen molar-refractivity contribution < 1.29 is 14.4 Å². The minimum Gasteiger partial charge on any atom is -0.337 e. The Kier molecular flexibility index (Phi) is 4.91. The van der Waals surface area contributed by atoms with E-state index in [-0.39, 0.29) is 24.1 Å². The number of amides is 3. The molecule has 1 saturated carbocycles. The maximum Gasteiger partial charge on any atom is 0.255 e. The van der Waals surface area contributed by atoms with Crippen LogP contribution in [0, 0.1) is 5.92 Å². The summed E-state index contributed by atoms with van der Waals surface area (Å²) >= 11 is 0. The standard InChI is InChI=1S/C24H28N4O3/c1-14-3-5-15(6-4-14)22-25-19(13-27(22)2)16-7-8-18-17(11-16)12-28(24(18)31)20-9-10-21(29)26-23(20)30/h7-8,11,13-15,20H,3-6,9-10,12H2,1-2H3,(H,26,29,30). The van der Waals surface area contributed by atoms with Crippen molar-refractivity contribution in [2.75, 3.05) is 0 Å². The molecule has 0 bridgehead atoms. The van der Waals surface area contributed by atoms with Crippen molar-refractivity contribution in [1.82, 2.24) is 19.8 Å². The van der Waals surface area contributed by atoms with E-state index < -0.39 is 6.04 Å². The summed E-state index contributed by atoms with van der Waals surface area (Å²) in [5, 5.41) is 2.35. The van der Waals surface area contributed by atoms with E-state index in [0.717, 1.165) is 28.6 Å². The third-order valence-corrected chi connectivity index (χ3v) is 7.11. The molecule has 0 spiro atoms. The number of nitrogens with one attached hydrogen (secondary N) is 1. The monoisotopic (exact) mass is 420 g/mol. The smallest absolute Gasteiger partial charge is 0.255 e. The van der Waals surface area contributed by atoms with Crippen molar-refractivity contribution in [2.45, 2.75) is 64.0 Å². The van der Waals surface area contributed by atoms with Crippen LogP contribution in [0.4, 0.5) is 0 Å². The van der Waals surface area contributed by atoms with Gasteiger partial charge in [0, 0.05) is 43.3 Å². The Morgan fingerprint density at radius 2 is 1.84 bits per heavy atom. The van der Waals surface area contributed by atoms with E-state index in [1.54, 1.807) is 4.90 Å². The molecule has 3 heterocycles. The normalized spacial score (nSPS) is 26.2. The summed E-state index contributed by atoms with van der Waals surface area (Å²) in [4.78, 5) is 43.2. The number of imidazole rings is 1. The molecule has 1 aromatic carbocycles. The van der Waals surface area contributed by atoms with Gasteiger partial charge in [-0.1, -0.05) is 25.8 Å². The molecule has 1 aliphatic carbocycles. The Bertz CT molecular complexity index is 1060. The van der Waals surface area contributed by atoms with Crippen LogP contribution >= 0.6 is 0 Å². The number of carbonyl (C=O) groups is 3. The first-order valence-electron chi connectivity index (χ1n) is 11.2. The average molecular weight is 421 g/mol. The van der Waals surface area contributed by atoms with E-state index in [0.29, 0.717) is 24.4 Å². The molecule has 162 valence electrons. The van der Waals surface area contributed by atoms with E-state index in [1.165, 1.54) is 25.7 Å². The lowest BCUT2D eigenvalue weighted by atomic mass is 9.82. The molecule has 31 heavy (non-hydrogen) atoms. The average Bonchev–Trinajstić information content (AvgIpc) is 3.29. The lowest BCUT2D eigenvalue weighted by Gasteiger charge is -2.29. The first-order chi connectivity index (χ1) is 14.9. The lowest BCUT2D eigenvalue weighted by molar-refractivity contribution is -0.136. The summed E-state index contributed by atoms with van der Waals surface area (Å²) in [5.41, 5.74) is 3.45. The van der Waals surface area contributed by atoms with Gasteiger partial charge >= 0.3 is 0 Å². The highest BCUT2D eigenvalue weighted by Gasteiger charge is 2.39. The molecule has 7 heteroatoms. The van der Waals surface area contributed by atoms with Crippen LogP contribution in [0.15, 0.2) is 24.4 Å². The molecule has 2 fully saturated rings. The SMILES string of the molecule is CC1CCC(c2nc(-c3ccc4c(c3)CN(C3CCC(=O)NC3=O)C4=O)cn2C)CC1. The topological polar surface area (TPSA) is 84.3 Å². The van der Waals surface area contributed by atoms with Gasteiger partial charge in [0.15, 0.2) is 0 Å².